The fourth-order valence-corrected chi connectivity index (χ4v) is 1.88. The van der Waals surface area contributed by atoms with Crippen molar-refractivity contribution in [1.29, 1.82) is 0 Å². The number of hydrogen-bond acceptors (Lipinski definition) is 2. The maximum Gasteiger partial charge on any atom is 0.0462 e. The summed E-state index contributed by atoms with van der Waals surface area (Å²) in [7, 11) is 0. The van der Waals surface area contributed by atoms with Crippen LogP contribution in [0.3, 0.4) is 0 Å². The van der Waals surface area contributed by atoms with Gasteiger partial charge < -0.3 is 10.2 Å². The Kier molecular flexibility index (Phi) is 6.46. The number of benzene rings is 1. The summed E-state index contributed by atoms with van der Waals surface area (Å²) in [6.07, 6.45) is 3.62. The Hall–Kier alpha value is -0.570. The second-order valence-corrected chi connectivity index (χ2v) is 4.54. The summed E-state index contributed by atoms with van der Waals surface area (Å²) < 4.78 is 0. The lowest BCUT2D eigenvalue weighted by molar-refractivity contribution is 0.209. The first-order valence-corrected chi connectivity index (χ1v) is 6.10. The average Bonchev–Trinajstić information content (AvgIpc) is 2.31. The summed E-state index contributed by atoms with van der Waals surface area (Å²) in [6.45, 7) is 0.438. The van der Waals surface area contributed by atoms with E-state index in [-0.39, 0.29) is 19.1 Å². The molecule has 0 amide bonds. The van der Waals surface area contributed by atoms with Gasteiger partial charge in [-0.05, 0) is 42.9 Å². The predicted molar refractivity (Wildman–Crippen MR) is 66.7 cm³/mol. The van der Waals surface area contributed by atoms with Gasteiger partial charge in [-0.15, -0.1) is 0 Å². The van der Waals surface area contributed by atoms with Gasteiger partial charge in [0.25, 0.3) is 0 Å². The van der Waals surface area contributed by atoms with Gasteiger partial charge in [-0.1, -0.05) is 30.2 Å². The summed E-state index contributed by atoms with van der Waals surface area (Å²) in [5, 5.41) is 18.7. The van der Waals surface area contributed by atoms with Gasteiger partial charge in [0.15, 0.2) is 0 Å². The smallest absolute Gasteiger partial charge is 0.0462 e. The topological polar surface area (TPSA) is 40.5 Å². The average molecular weight is 243 g/mol. The third-order valence-corrected chi connectivity index (χ3v) is 2.97. The Bertz CT molecular complexity index is 284. The number of hydrogen-bond donors (Lipinski definition) is 2. The summed E-state index contributed by atoms with van der Waals surface area (Å²) in [6, 6.07) is 7.74. The van der Waals surface area contributed by atoms with Crippen LogP contribution in [0.2, 0.25) is 5.02 Å². The van der Waals surface area contributed by atoms with E-state index in [0.717, 1.165) is 30.7 Å². The number of aliphatic hydroxyl groups excluding tert-OH is 2. The highest BCUT2D eigenvalue weighted by Crippen LogP contribution is 2.17. The van der Waals surface area contributed by atoms with Gasteiger partial charge in [0, 0.05) is 18.2 Å². The second-order valence-electron chi connectivity index (χ2n) is 4.10. The van der Waals surface area contributed by atoms with Gasteiger partial charge in [0.05, 0.1) is 0 Å². The molecule has 0 saturated heterocycles. The van der Waals surface area contributed by atoms with Gasteiger partial charge >= 0.3 is 0 Å². The van der Waals surface area contributed by atoms with Crippen LogP contribution in [-0.4, -0.2) is 23.4 Å². The van der Waals surface area contributed by atoms with Crippen LogP contribution >= 0.6 is 11.6 Å². The van der Waals surface area contributed by atoms with E-state index >= 15 is 0 Å². The molecule has 0 spiro atoms. The monoisotopic (exact) mass is 242 g/mol. The molecule has 0 aromatic heterocycles. The zero-order valence-corrected chi connectivity index (χ0v) is 10.2. The van der Waals surface area contributed by atoms with E-state index in [1.807, 2.05) is 24.3 Å². The van der Waals surface area contributed by atoms with E-state index in [1.54, 1.807) is 0 Å². The Balaban J connectivity index is 2.40. The van der Waals surface area contributed by atoms with E-state index in [2.05, 4.69) is 0 Å². The molecule has 2 nitrogen and oxygen atoms in total. The molecular weight excluding hydrogens is 224 g/mol. The zero-order valence-electron chi connectivity index (χ0n) is 9.40. The molecule has 0 heterocycles. The van der Waals surface area contributed by atoms with Crippen molar-refractivity contribution in [3.05, 3.63) is 34.9 Å². The van der Waals surface area contributed by atoms with Crippen LogP contribution in [0.4, 0.5) is 0 Å². The Labute approximate surface area is 102 Å². The highest BCUT2D eigenvalue weighted by atomic mass is 35.5. The lowest BCUT2D eigenvalue weighted by Gasteiger charge is -2.13. The maximum absolute atomic E-state index is 9.25. The van der Waals surface area contributed by atoms with E-state index in [0.29, 0.717) is 0 Å². The zero-order chi connectivity index (χ0) is 11.8. The largest absolute Gasteiger partial charge is 0.396 e. The molecule has 0 aliphatic carbocycles. The summed E-state index contributed by atoms with van der Waals surface area (Å²) in [4.78, 5) is 0. The second kappa shape index (κ2) is 7.66. The van der Waals surface area contributed by atoms with Gasteiger partial charge in [-0.2, -0.15) is 0 Å². The fraction of sp³-hybridized carbons (Fsp3) is 0.538. The fourth-order valence-electron chi connectivity index (χ4n) is 1.76. The lowest BCUT2D eigenvalue weighted by atomic mass is 9.95. The van der Waals surface area contributed by atoms with Crippen LogP contribution in [0.25, 0.3) is 0 Å². The molecule has 1 aromatic rings. The molecule has 0 unspecified atom stereocenters. The molecule has 2 N–H and O–H groups in total. The summed E-state index contributed by atoms with van der Waals surface area (Å²) >= 11 is 5.81. The minimum absolute atomic E-state index is 0.202. The number of unbranched alkanes of at least 4 members (excludes halogenated alkanes) is 1. The van der Waals surface area contributed by atoms with Crippen molar-refractivity contribution >= 4 is 11.6 Å². The first kappa shape index (κ1) is 13.5. The number of halogens is 1. The quantitative estimate of drug-likeness (QED) is 0.722. The summed E-state index contributed by atoms with van der Waals surface area (Å²) in [5.41, 5.74) is 1.20. The molecule has 0 aliphatic heterocycles. The SMILES string of the molecule is OCCCC[C@H](CO)Cc1ccc(Cl)cc1. The van der Waals surface area contributed by atoms with Crippen LogP contribution in [0.5, 0.6) is 0 Å². The molecule has 16 heavy (non-hydrogen) atoms. The molecule has 1 atom stereocenters. The van der Waals surface area contributed by atoms with Crippen molar-refractivity contribution in [3.63, 3.8) is 0 Å². The maximum atomic E-state index is 9.25. The standard InChI is InChI=1S/C13H19ClO2/c14-13-6-4-11(5-7-13)9-12(10-16)3-1-2-8-15/h4-7,12,15-16H,1-3,8-10H2/t12-/m0/s1. The van der Waals surface area contributed by atoms with Crippen LogP contribution in [0.15, 0.2) is 24.3 Å². The molecule has 0 fully saturated rings. The van der Waals surface area contributed by atoms with Crippen LogP contribution in [0, 0.1) is 5.92 Å². The summed E-state index contributed by atoms with van der Waals surface area (Å²) in [5.74, 6) is 0.285. The first-order valence-electron chi connectivity index (χ1n) is 5.72. The van der Waals surface area contributed by atoms with Crippen molar-refractivity contribution in [2.75, 3.05) is 13.2 Å². The Morgan fingerprint density at radius 2 is 1.75 bits per heavy atom. The minimum Gasteiger partial charge on any atom is -0.396 e. The lowest BCUT2D eigenvalue weighted by Crippen LogP contribution is -2.09. The molecule has 0 bridgehead atoms. The van der Waals surface area contributed by atoms with Gasteiger partial charge in [-0.25, -0.2) is 0 Å². The van der Waals surface area contributed by atoms with Crippen molar-refractivity contribution in [2.45, 2.75) is 25.7 Å². The van der Waals surface area contributed by atoms with E-state index in [9.17, 15) is 5.11 Å². The van der Waals surface area contributed by atoms with Crippen molar-refractivity contribution in [1.82, 2.24) is 0 Å². The third kappa shape index (κ3) is 4.97. The first-order chi connectivity index (χ1) is 7.76. The Morgan fingerprint density at radius 3 is 2.31 bits per heavy atom. The van der Waals surface area contributed by atoms with E-state index in [1.165, 1.54) is 5.56 Å². The van der Waals surface area contributed by atoms with Crippen LogP contribution in [0.1, 0.15) is 24.8 Å². The van der Waals surface area contributed by atoms with Crippen molar-refractivity contribution in [3.8, 4) is 0 Å². The van der Waals surface area contributed by atoms with Gasteiger partial charge in [0.2, 0.25) is 0 Å². The van der Waals surface area contributed by atoms with Gasteiger partial charge in [0.1, 0.15) is 0 Å². The molecule has 0 aliphatic rings. The molecule has 0 saturated carbocycles. The van der Waals surface area contributed by atoms with Crippen LogP contribution in [-0.2, 0) is 6.42 Å². The molecule has 1 aromatic carbocycles. The molecule has 90 valence electrons. The molecule has 3 heteroatoms. The molecule has 1 rings (SSSR count). The van der Waals surface area contributed by atoms with E-state index < -0.39 is 0 Å². The predicted octanol–water partition coefficient (Wildman–Crippen LogP) is 2.65. The molecular formula is C13H19ClO2. The molecule has 0 radical (unpaired) electrons. The normalized spacial score (nSPS) is 12.7. The highest BCUT2D eigenvalue weighted by Gasteiger charge is 2.08. The number of rotatable bonds is 7. The van der Waals surface area contributed by atoms with E-state index in [4.69, 9.17) is 16.7 Å². The highest BCUT2D eigenvalue weighted by molar-refractivity contribution is 6.30. The Morgan fingerprint density at radius 1 is 1.06 bits per heavy atom. The van der Waals surface area contributed by atoms with Gasteiger partial charge in [-0.3, -0.25) is 0 Å². The minimum atomic E-state index is 0.202. The third-order valence-electron chi connectivity index (χ3n) is 2.72. The van der Waals surface area contributed by atoms with Crippen molar-refractivity contribution in [2.24, 2.45) is 5.92 Å². The van der Waals surface area contributed by atoms with Crippen LogP contribution < -0.4 is 0 Å². The number of aliphatic hydroxyl groups is 2. The van der Waals surface area contributed by atoms with Crippen molar-refractivity contribution < 1.29 is 10.2 Å².